The largest absolute Gasteiger partial charge is 0.497 e. The molecule has 0 unspecified atom stereocenters. The molecule has 5 rings (SSSR count). The highest BCUT2D eigenvalue weighted by Crippen LogP contribution is 2.38. The van der Waals surface area contributed by atoms with Gasteiger partial charge in [0, 0.05) is 62.8 Å². The second kappa shape index (κ2) is 16.5. The number of nitrogens with zero attached hydrogens (tertiary/aromatic N) is 5. The Labute approximate surface area is 280 Å². The van der Waals surface area contributed by atoms with E-state index in [4.69, 9.17) is 28.4 Å². The number of ether oxygens (including phenoxy) is 6. The first kappa shape index (κ1) is 34.1. The van der Waals surface area contributed by atoms with Crippen molar-refractivity contribution in [3.63, 3.8) is 0 Å². The molecule has 13 nitrogen and oxygen atoms in total. The lowest BCUT2D eigenvalue weighted by molar-refractivity contribution is 0.145. The van der Waals surface area contributed by atoms with Crippen LogP contribution in [0.25, 0.3) is 0 Å². The predicted octanol–water partition coefficient (Wildman–Crippen LogP) is 5.61. The van der Waals surface area contributed by atoms with Gasteiger partial charge in [-0.3, -0.25) is 0 Å². The minimum Gasteiger partial charge on any atom is -0.497 e. The van der Waals surface area contributed by atoms with Crippen LogP contribution in [0.15, 0.2) is 72.9 Å². The Balaban J connectivity index is 1.34. The first-order chi connectivity index (χ1) is 23.4. The lowest BCUT2D eigenvalue weighted by Gasteiger charge is -2.32. The molecule has 0 spiro atoms. The third-order valence-corrected chi connectivity index (χ3v) is 7.84. The van der Waals surface area contributed by atoms with E-state index in [1.54, 1.807) is 68.9 Å². The van der Waals surface area contributed by atoms with Crippen LogP contribution in [0.3, 0.4) is 0 Å². The number of benzene rings is 3. The van der Waals surface area contributed by atoms with E-state index < -0.39 is 6.09 Å². The Bertz CT molecular complexity index is 1660. The van der Waals surface area contributed by atoms with E-state index in [0.29, 0.717) is 46.7 Å². The number of hydrogen-bond donors (Lipinski definition) is 1. The maximum atomic E-state index is 13.9. The van der Waals surface area contributed by atoms with E-state index in [9.17, 15) is 4.79 Å². The van der Waals surface area contributed by atoms with Gasteiger partial charge in [-0.05, 0) is 49.9 Å². The smallest absolute Gasteiger partial charge is 0.425 e. The van der Waals surface area contributed by atoms with Gasteiger partial charge in [0.1, 0.15) is 17.3 Å². The topological polar surface area (TPSA) is 120 Å². The molecule has 0 saturated carbocycles. The number of aromatic nitrogens is 2. The van der Waals surface area contributed by atoms with Crippen LogP contribution in [0.1, 0.15) is 6.42 Å². The number of methoxy groups -OCH3 is 4. The summed E-state index contributed by atoms with van der Waals surface area (Å²) in [6.45, 7) is 5.92. The zero-order valence-electron chi connectivity index (χ0n) is 28.0. The van der Waals surface area contributed by atoms with Crippen molar-refractivity contribution in [1.29, 1.82) is 0 Å². The molecular formula is C35H42N6O7. The van der Waals surface area contributed by atoms with Crippen LogP contribution in [0.2, 0.25) is 0 Å². The summed E-state index contributed by atoms with van der Waals surface area (Å²) >= 11 is 0. The number of likely N-dealkylation sites (N-methyl/N-ethyl adjacent to an activating group) is 1. The van der Waals surface area contributed by atoms with E-state index in [1.165, 1.54) is 19.1 Å². The molecule has 1 fully saturated rings. The molecule has 3 aromatic carbocycles. The summed E-state index contributed by atoms with van der Waals surface area (Å²) < 4.78 is 33.9. The number of carbonyl (C=O) groups is 1. The molecule has 254 valence electrons. The molecule has 13 heteroatoms. The fraction of sp³-hybridized carbons (Fsp3) is 0.343. The van der Waals surface area contributed by atoms with Crippen molar-refractivity contribution in [3.8, 4) is 34.5 Å². The average Bonchev–Trinajstić information content (AvgIpc) is 3.12. The van der Waals surface area contributed by atoms with Crippen molar-refractivity contribution in [2.24, 2.45) is 0 Å². The fourth-order valence-electron chi connectivity index (χ4n) is 5.20. The molecule has 1 saturated heterocycles. The minimum absolute atomic E-state index is 0.225. The first-order valence-corrected chi connectivity index (χ1v) is 15.6. The monoisotopic (exact) mass is 658 g/mol. The Hall–Kier alpha value is -5.27. The van der Waals surface area contributed by atoms with E-state index >= 15 is 0 Å². The third kappa shape index (κ3) is 8.55. The van der Waals surface area contributed by atoms with Crippen molar-refractivity contribution in [3.05, 3.63) is 72.9 Å². The second-order valence-electron chi connectivity index (χ2n) is 11.0. The number of piperazine rings is 1. The minimum atomic E-state index is -0.747. The van der Waals surface area contributed by atoms with Gasteiger partial charge in [0.25, 0.3) is 0 Å². The summed E-state index contributed by atoms with van der Waals surface area (Å²) in [7, 11) is 8.31. The molecule has 0 atom stereocenters. The van der Waals surface area contributed by atoms with Crippen LogP contribution >= 0.6 is 0 Å². The zero-order chi connectivity index (χ0) is 33.9. The van der Waals surface area contributed by atoms with E-state index in [2.05, 4.69) is 32.1 Å². The SMILES string of the molecule is COc1ccc(N(C(=O)Oc2ccccc2OC)c2ccnc(Nc3ccc(OCCCN4CCN(C)CC4)c(OC)c3)n2)c(OC)c1. The molecule has 1 amide bonds. The van der Waals surface area contributed by atoms with Gasteiger partial charge in [-0.25, -0.2) is 14.7 Å². The van der Waals surface area contributed by atoms with Crippen LogP contribution in [0.4, 0.5) is 27.9 Å². The van der Waals surface area contributed by atoms with E-state index in [1.807, 2.05) is 18.2 Å². The normalized spacial score (nSPS) is 13.4. The second-order valence-corrected chi connectivity index (χ2v) is 11.0. The molecule has 0 bridgehead atoms. The van der Waals surface area contributed by atoms with Crippen LogP contribution in [-0.2, 0) is 0 Å². The average molecular weight is 659 g/mol. The van der Waals surface area contributed by atoms with Crippen LogP contribution in [0.5, 0.6) is 34.5 Å². The van der Waals surface area contributed by atoms with Crippen molar-refractivity contribution < 1.29 is 33.2 Å². The highest BCUT2D eigenvalue weighted by atomic mass is 16.6. The summed E-state index contributed by atoms with van der Waals surface area (Å²) in [4.78, 5) is 29.0. The molecule has 1 aliphatic heterocycles. The van der Waals surface area contributed by atoms with Gasteiger partial charge in [0.2, 0.25) is 5.95 Å². The highest BCUT2D eigenvalue weighted by Gasteiger charge is 2.27. The Morgan fingerprint density at radius 2 is 1.56 bits per heavy atom. The van der Waals surface area contributed by atoms with Crippen molar-refractivity contribution in [2.45, 2.75) is 6.42 Å². The molecule has 1 aromatic heterocycles. The van der Waals surface area contributed by atoms with Gasteiger partial charge in [0.05, 0.1) is 40.7 Å². The molecule has 0 aliphatic carbocycles. The third-order valence-electron chi connectivity index (χ3n) is 7.84. The number of carbonyl (C=O) groups excluding carboxylic acids is 1. The lowest BCUT2D eigenvalue weighted by atomic mass is 10.2. The van der Waals surface area contributed by atoms with Gasteiger partial charge in [-0.1, -0.05) is 12.1 Å². The van der Waals surface area contributed by atoms with Crippen LogP contribution in [-0.4, -0.2) is 101 Å². The Kier molecular flexibility index (Phi) is 11.7. The summed E-state index contributed by atoms with van der Waals surface area (Å²) in [5.41, 5.74) is 1.04. The first-order valence-electron chi connectivity index (χ1n) is 15.6. The number of amides is 1. The zero-order valence-corrected chi connectivity index (χ0v) is 28.0. The quantitative estimate of drug-likeness (QED) is 0.170. The van der Waals surface area contributed by atoms with Crippen LogP contribution < -0.4 is 38.6 Å². The maximum Gasteiger partial charge on any atom is 0.425 e. The van der Waals surface area contributed by atoms with Crippen LogP contribution in [0, 0.1) is 0 Å². The van der Waals surface area contributed by atoms with Crippen molar-refractivity contribution in [2.75, 3.05) is 85.0 Å². The van der Waals surface area contributed by atoms with Gasteiger partial charge >= 0.3 is 6.09 Å². The van der Waals surface area contributed by atoms with Gasteiger partial charge in [0.15, 0.2) is 23.0 Å². The highest BCUT2D eigenvalue weighted by molar-refractivity contribution is 5.98. The summed E-state index contributed by atoms with van der Waals surface area (Å²) in [5.74, 6) is 3.23. The predicted molar refractivity (Wildman–Crippen MR) is 183 cm³/mol. The molecular weight excluding hydrogens is 616 g/mol. The molecule has 0 radical (unpaired) electrons. The summed E-state index contributed by atoms with van der Waals surface area (Å²) in [6.07, 6.45) is 1.71. The molecule has 1 N–H and O–H groups in total. The Morgan fingerprint density at radius 1 is 0.812 bits per heavy atom. The number of para-hydroxylation sites is 2. The van der Waals surface area contributed by atoms with Gasteiger partial charge in [-0.15, -0.1) is 0 Å². The van der Waals surface area contributed by atoms with E-state index in [0.717, 1.165) is 39.1 Å². The van der Waals surface area contributed by atoms with Gasteiger partial charge in [-0.2, -0.15) is 4.98 Å². The molecule has 2 heterocycles. The maximum absolute atomic E-state index is 13.9. The van der Waals surface area contributed by atoms with Gasteiger partial charge < -0.3 is 43.5 Å². The number of anilines is 4. The molecule has 48 heavy (non-hydrogen) atoms. The standard InChI is InChI=1S/C35H42N6O7/c1-39-18-20-40(21-19-39)17-8-22-47-29-14-11-25(23-32(29)46-5)37-34-36-16-15-33(38-34)41(27-13-12-26(43-2)24-31(27)45-4)35(42)48-30-10-7-6-9-28(30)44-3/h6-7,9-16,23-24H,8,17-22H2,1-5H3,(H,36,37,38). The molecule has 1 aliphatic rings. The summed E-state index contributed by atoms with van der Waals surface area (Å²) in [5, 5.41) is 3.20. The van der Waals surface area contributed by atoms with Crippen molar-refractivity contribution in [1.82, 2.24) is 19.8 Å². The number of nitrogens with one attached hydrogen (secondary N) is 1. The fourth-order valence-corrected chi connectivity index (χ4v) is 5.20. The number of hydrogen-bond acceptors (Lipinski definition) is 12. The molecule has 4 aromatic rings. The number of rotatable bonds is 14. The van der Waals surface area contributed by atoms with E-state index in [-0.39, 0.29) is 17.5 Å². The lowest BCUT2D eigenvalue weighted by Crippen LogP contribution is -2.44. The summed E-state index contributed by atoms with van der Waals surface area (Å²) in [6, 6.07) is 19.0. The Morgan fingerprint density at radius 3 is 2.29 bits per heavy atom. The van der Waals surface area contributed by atoms with Crippen molar-refractivity contribution >= 4 is 29.2 Å².